The van der Waals surface area contributed by atoms with Gasteiger partial charge in [-0.25, -0.2) is 4.79 Å². The maximum atomic E-state index is 10.4. The smallest absolute Gasteiger partial charge is 0.341 e. The molecule has 6 heteroatoms. The number of carbonyl (C=O) groups is 1. The summed E-state index contributed by atoms with van der Waals surface area (Å²) in [6, 6.07) is 5.21. The molecule has 1 heterocycles. The van der Waals surface area contributed by atoms with E-state index in [1.165, 1.54) is 0 Å². The van der Waals surface area contributed by atoms with Crippen molar-refractivity contribution in [2.24, 2.45) is 7.05 Å². The summed E-state index contributed by atoms with van der Waals surface area (Å²) >= 11 is 5.85. The van der Waals surface area contributed by atoms with Crippen molar-refractivity contribution in [2.75, 3.05) is 6.61 Å². The predicted octanol–water partition coefficient (Wildman–Crippen LogP) is 1.69. The van der Waals surface area contributed by atoms with Gasteiger partial charge < -0.3 is 9.84 Å². The Morgan fingerprint density at radius 1 is 1.62 bits per heavy atom. The minimum Gasteiger partial charge on any atom is -0.479 e. The molecule has 0 atom stereocenters. The maximum Gasteiger partial charge on any atom is 0.341 e. The first-order chi connectivity index (χ1) is 7.58. The zero-order valence-corrected chi connectivity index (χ0v) is 9.23. The first kappa shape index (κ1) is 10.8. The van der Waals surface area contributed by atoms with Crippen LogP contribution in [0.3, 0.4) is 0 Å². The van der Waals surface area contributed by atoms with Gasteiger partial charge >= 0.3 is 5.97 Å². The Morgan fingerprint density at radius 2 is 2.38 bits per heavy atom. The number of rotatable bonds is 3. The molecule has 0 spiro atoms. The van der Waals surface area contributed by atoms with Crippen LogP contribution in [0.4, 0.5) is 0 Å². The second kappa shape index (κ2) is 4.02. The summed E-state index contributed by atoms with van der Waals surface area (Å²) in [5, 5.41) is 13.9. The fraction of sp³-hybridized carbons (Fsp3) is 0.200. The van der Waals surface area contributed by atoms with Gasteiger partial charge in [-0.15, -0.1) is 5.10 Å². The van der Waals surface area contributed by atoms with Crippen LogP contribution in [0.25, 0.3) is 10.9 Å². The van der Waals surface area contributed by atoms with Crippen LogP contribution in [0.15, 0.2) is 18.2 Å². The van der Waals surface area contributed by atoms with Crippen LogP contribution in [0.2, 0.25) is 5.02 Å². The molecule has 1 aromatic carbocycles. The van der Waals surface area contributed by atoms with E-state index < -0.39 is 12.6 Å². The highest BCUT2D eigenvalue weighted by Gasteiger charge is 2.11. The number of halogens is 1. The van der Waals surface area contributed by atoms with Gasteiger partial charge in [0.1, 0.15) is 0 Å². The van der Waals surface area contributed by atoms with Crippen molar-refractivity contribution in [3.05, 3.63) is 23.2 Å². The Hall–Kier alpha value is -1.75. The SMILES string of the molecule is Cn1nc(OCC(=O)O)c2ccc(Cl)cc21. The van der Waals surface area contributed by atoms with Crippen LogP contribution >= 0.6 is 11.6 Å². The molecule has 84 valence electrons. The second-order valence-electron chi connectivity index (χ2n) is 3.27. The predicted molar refractivity (Wildman–Crippen MR) is 58.9 cm³/mol. The molecule has 1 aromatic heterocycles. The van der Waals surface area contributed by atoms with Gasteiger partial charge in [-0.1, -0.05) is 11.6 Å². The summed E-state index contributed by atoms with van der Waals surface area (Å²) in [6.07, 6.45) is 0. The van der Waals surface area contributed by atoms with Gasteiger partial charge in [0.25, 0.3) is 0 Å². The van der Waals surface area contributed by atoms with Crippen LogP contribution in [0, 0.1) is 0 Å². The van der Waals surface area contributed by atoms with E-state index in [9.17, 15) is 4.79 Å². The molecule has 16 heavy (non-hydrogen) atoms. The first-order valence-electron chi connectivity index (χ1n) is 4.55. The summed E-state index contributed by atoms with van der Waals surface area (Å²) in [6.45, 7) is -0.408. The molecule has 0 aliphatic rings. The number of hydrogen-bond acceptors (Lipinski definition) is 3. The highest BCUT2D eigenvalue weighted by atomic mass is 35.5. The van der Waals surface area contributed by atoms with Crippen LogP contribution < -0.4 is 4.74 Å². The Kier molecular flexibility index (Phi) is 2.70. The van der Waals surface area contributed by atoms with Gasteiger partial charge in [0.05, 0.1) is 10.9 Å². The molecule has 0 radical (unpaired) electrons. The zero-order valence-electron chi connectivity index (χ0n) is 8.48. The van der Waals surface area contributed by atoms with E-state index in [1.54, 1.807) is 29.9 Å². The number of benzene rings is 1. The third-order valence-electron chi connectivity index (χ3n) is 2.11. The standard InChI is InChI=1S/C10H9ClN2O3/c1-13-8-4-6(11)2-3-7(8)10(12-13)16-5-9(14)15/h2-4H,5H2,1H3,(H,14,15). The zero-order chi connectivity index (χ0) is 11.7. The Bertz CT molecular complexity index is 550. The van der Waals surface area contributed by atoms with E-state index in [-0.39, 0.29) is 0 Å². The van der Waals surface area contributed by atoms with E-state index >= 15 is 0 Å². The van der Waals surface area contributed by atoms with Crippen molar-refractivity contribution in [2.45, 2.75) is 0 Å². The molecule has 0 unspecified atom stereocenters. The topological polar surface area (TPSA) is 64.4 Å². The molecule has 0 aliphatic carbocycles. The van der Waals surface area contributed by atoms with Crippen molar-refractivity contribution in [1.29, 1.82) is 0 Å². The van der Waals surface area contributed by atoms with E-state index in [0.29, 0.717) is 10.9 Å². The van der Waals surface area contributed by atoms with Crippen LogP contribution in [-0.2, 0) is 11.8 Å². The lowest BCUT2D eigenvalue weighted by Gasteiger charge is -1.98. The minimum atomic E-state index is -1.03. The highest BCUT2D eigenvalue weighted by molar-refractivity contribution is 6.31. The lowest BCUT2D eigenvalue weighted by atomic mass is 10.2. The molecule has 5 nitrogen and oxygen atoms in total. The average molecular weight is 241 g/mol. The van der Waals surface area contributed by atoms with E-state index in [0.717, 1.165) is 10.9 Å². The number of aryl methyl sites for hydroxylation is 1. The van der Waals surface area contributed by atoms with Crippen molar-refractivity contribution in [3.63, 3.8) is 0 Å². The third kappa shape index (κ3) is 1.94. The van der Waals surface area contributed by atoms with E-state index in [4.69, 9.17) is 21.4 Å². The van der Waals surface area contributed by atoms with Gasteiger partial charge in [0.15, 0.2) is 6.61 Å². The molecule has 0 aliphatic heterocycles. The summed E-state index contributed by atoms with van der Waals surface area (Å²) in [7, 11) is 1.74. The molecule has 0 saturated heterocycles. The van der Waals surface area contributed by atoms with Crippen molar-refractivity contribution < 1.29 is 14.6 Å². The highest BCUT2D eigenvalue weighted by Crippen LogP contribution is 2.26. The van der Waals surface area contributed by atoms with Gasteiger partial charge in [-0.05, 0) is 18.2 Å². The van der Waals surface area contributed by atoms with Crippen molar-refractivity contribution >= 4 is 28.5 Å². The molecular weight excluding hydrogens is 232 g/mol. The molecule has 2 aromatic rings. The summed E-state index contributed by atoms with van der Waals surface area (Å²) in [5.41, 5.74) is 0.799. The Morgan fingerprint density at radius 3 is 3.06 bits per heavy atom. The van der Waals surface area contributed by atoms with Crippen LogP contribution in [-0.4, -0.2) is 27.5 Å². The lowest BCUT2D eigenvalue weighted by molar-refractivity contribution is -0.139. The molecule has 0 fully saturated rings. The van der Waals surface area contributed by atoms with Crippen molar-refractivity contribution in [1.82, 2.24) is 9.78 Å². The summed E-state index contributed by atoms with van der Waals surface area (Å²) < 4.78 is 6.66. The average Bonchev–Trinajstić information content (AvgIpc) is 2.53. The van der Waals surface area contributed by atoms with Crippen LogP contribution in [0.1, 0.15) is 0 Å². The second-order valence-corrected chi connectivity index (χ2v) is 3.71. The Labute approximate surface area is 96.2 Å². The molecule has 0 bridgehead atoms. The molecular formula is C10H9ClN2O3. The fourth-order valence-corrected chi connectivity index (χ4v) is 1.60. The number of aliphatic carboxylic acids is 1. The number of ether oxygens (including phenoxy) is 1. The summed E-state index contributed by atoms with van der Waals surface area (Å²) in [4.78, 5) is 10.4. The minimum absolute atomic E-state index is 0.302. The number of aromatic nitrogens is 2. The largest absolute Gasteiger partial charge is 0.479 e. The first-order valence-corrected chi connectivity index (χ1v) is 4.92. The number of nitrogens with zero attached hydrogens (tertiary/aromatic N) is 2. The number of fused-ring (bicyclic) bond motifs is 1. The third-order valence-corrected chi connectivity index (χ3v) is 2.35. The molecule has 2 rings (SSSR count). The van der Waals surface area contributed by atoms with E-state index in [2.05, 4.69) is 5.10 Å². The Balaban J connectivity index is 2.43. The van der Waals surface area contributed by atoms with Gasteiger partial charge in [-0.2, -0.15) is 0 Å². The van der Waals surface area contributed by atoms with Crippen LogP contribution in [0.5, 0.6) is 5.88 Å². The fourth-order valence-electron chi connectivity index (χ4n) is 1.43. The number of hydrogen-bond donors (Lipinski definition) is 1. The van der Waals surface area contributed by atoms with Gasteiger partial charge in [-0.3, -0.25) is 4.68 Å². The number of carboxylic acids is 1. The maximum absolute atomic E-state index is 10.4. The van der Waals surface area contributed by atoms with Crippen molar-refractivity contribution in [3.8, 4) is 5.88 Å². The van der Waals surface area contributed by atoms with Gasteiger partial charge in [0.2, 0.25) is 5.88 Å². The molecule has 1 N–H and O–H groups in total. The van der Waals surface area contributed by atoms with Gasteiger partial charge in [0, 0.05) is 12.1 Å². The normalized spacial score (nSPS) is 10.6. The summed E-state index contributed by atoms with van der Waals surface area (Å²) in [5.74, 6) is -0.732. The molecule has 0 saturated carbocycles. The molecule has 0 amide bonds. The van der Waals surface area contributed by atoms with E-state index in [1.807, 2.05) is 0 Å². The lowest BCUT2D eigenvalue weighted by Crippen LogP contribution is -2.09. The monoisotopic (exact) mass is 240 g/mol. The quantitative estimate of drug-likeness (QED) is 0.887. The number of carboxylic acid groups (broad SMARTS) is 1.